The van der Waals surface area contributed by atoms with E-state index in [1.54, 1.807) is 0 Å². The van der Waals surface area contributed by atoms with Gasteiger partial charge in [0.1, 0.15) is 0 Å². The molecule has 40 heavy (non-hydrogen) atoms. The summed E-state index contributed by atoms with van der Waals surface area (Å²) in [7, 11) is 0. The molecule has 6 rings (SSSR count). The Balaban J connectivity index is 1.49. The van der Waals surface area contributed by atoms with Gasteiger partial charge in [-0.15, -0.1) is 0 Å². The number of carbonyl (C=O) groups is 1. The predicted molar refractivity (Wildman–Crippen MR) is 168 cm³/mol. The fourth-order valence-corrected chi connectivity index (χ4v) is 5.72. The highest BCUT2D eigenvalue weighted by Gasteiger charge is 2.26. The number of benzene rings is 4. The molecule has 6 heteroatoms. The number of rotatable bonds is 6. The zero-order valence-corrected chi connectivity index (χ0v) is 23.4. The van der Waals surface area contributed by atoms with Crippen LogP contribution in [0.5, 0.6) is 0 Å². The number of halogens is 1. The van der Waals surface area contributed by atoms with Crippen molar-refractivity contribution in [1.29, 1.82) is 0 Å². The Bertz CT molecular complexity index is 1720. The van der Waals surface area contributed by atoms with Crippen LogP contribution < -0.4 is 5.32 Å². The minimum atomic E-state index is -0.159. The van der Waals surface area contributed by atoms with E-state index in [0.29, 0.717) is 15.1 Å². The van der Waals surface area contributed by atoms with E-state index in [1.807, 2.05) is 78.9 Å². The summed E-state index contributed by atoms with van der Waals surface area (Å²) in [6, 6.07) is 38.6. The Kier molecular flexibility index (Phi) is 7.41. The van der Waals surface area contributed by atoms with Crippen LogP contribution in [-0.4, -0.2) is 15.6 Å². The van der Waals surface area contributed by atoms with Crippen LogP contribution in [0, 0.1) is 0 Å². The normalized spacial score (nSPS) is 15.1. The number of thioether (sulfide) groups is 1. The Hall–Kier alpha value is -4.32. The molecule has 1 fully saturated rings. The molecule has 1 N–H and O–H groups in total. The van der Waals surface area contributed by atoms with E-state index in [2.05, 4.69) is 64.3 Å². The second-order valence-corrected chi connectivity index (χ2v) is 10.8. The minimum absolute atomic E-state index is 0.159. The molecule has 1 saturated heterocycles. The first kappa shape index (κ1) is 25.9. The van der Waals surface area contributed by atoms with Gasteiger partial charge >= 0.3 is 0 Å². The molecule has 4 nitrogen and oxygen atoms in total. The molecule has 1 amide bonds. The van der Waals surface area contributed by atoms with E-state index in [0.717, 1.165) is 45.9 Å². The first-order valence-electron chi connectivity index (χ1n) is 13.1. The maximum Gasteiger partial charge on any atom is 0.264 e. The lowest BCUT2D eigenvalue weighted by molar-refractivity contribution is -0.115. The summed E-state index contributed by atoms with van der Waals surface area (Å²) in [6.07, 6.45) is 2.93. The van der Waals surface area contributed by atoms with Gasteiger partial charge in [0.05, 0.1) is 22.0 Å². The number of aryl methyl sites for hydroxylation is 1. The summed E-state index contributed by atoms with van der Waals surface area (Å²) in [5.41, 5.74) is 8.09. The quantitative estimate of drug-likeness (QED) is 0.211. The van der Waals surface area contributed by atoms with Crippen LogP contribution in [0.2, 0.25) is 5.02 Å². The van der Waals surface area contributed by atoms with Gasteiger partial charge < -0.3 is 9.88 Å². The third-order valence-corrected chi connectivity index (χ3v) is 7.91. The number of hydrogen-bond donors (Lipinski definition) is 1. The molecule has 0 unspecified atom stereocenters. The molecular weight excluding hydrogens is 534 g/mol. The summed E-state index contributed by atoms with van der Waals surface area (Å²) in [4.78, 5) is 18.4. The fraction of sp³-hybridized carbons (Fsp3) is 0.0588. The summed E-state index contributed by atoms with van der Waals surface area (Å²) in [6.45, 7) is 2.12. The number of aliphatic imine (C=N–C) groups is 1. The Morgan fingerprint density at radius 2 is 1.50 bits per heavy atom. The van der Waals surface area contributed by atoms with Crippen LogP contribution >= 0.6 is 23.4 Å². The van der Waals surface area contributed by atoms with Crippen molar-refractivity contribution in [3.05, 3.63) is 136 Å². The zero-order chi connectivity index (χ0) is 27.5. The van der Waals surface area contributed by atoms with Gasteiger partial charge in [-0.3, -0.25) is 4.79 Å². The molecule has 0 radical (unpaired) electrons. The predicted octanol–water partition coefficient (Wildman–Crippen LogP) is 8.92. The van der Waals surface area contributed by atoms with Crippen LogP contribution in [0.4, 0.5) is 5.69 Å². The largest absolute Gasteiger partial charge is 0.309 e. The smallest absolute Gasteiger partial charge is 0.264 e. The van der Waals surface area contributed by atoms with Crippen molar-refractivity contribution < 1.29 is 4.79 Å². The van der Waals surface area contributed by atoms with Gasteiger partial charge in [-0.25, -0.2) is 4.99 Å². The maximum absolute atomic E-state index is 13.1. The standard InChI is InChI=1S/C34H26ClN3OS/c1-2-23-13-17-28(18-14-23)36-34-37-33(39)31(40-34)22-26-21-30(24-9-5-3-6-10-24)38(29-19-15-27(35)16-20-29)32(26)25-11-7-4-8-12-25/h3-22H,2H2,1H3,(H,36,37,39)/b31-22+. The first-order valence-corrected chi connectivity index (χ1v) is 14.3. The molecule has 0 spiro atoms. The van der Waals surface area contributed by atoms with Gasteiger partial charge in [-0.05, 0) is 83.4 Å². The number of hydrogen-bond acceptors (Lipinski definition) is 3. The van der Waals surface area contributed by atoms with Gasteiger partial charge in [0, 0.05) is 16.3 Å². The van der Waals surface area contributed by atoms with E-state index >= 15 is 0 Å². The fourth-order valence-electron chi connectivity index (χ4n) is 4.76. The highest BCUT2D eigenvalue weighted by atomic mass is 35.5. The second kappa shape index (κ2) is 11.4. The van der Waals surface area contributed by atoms with Crippen LogP contribution in [0.15, 0.2) is 125 Å². The summed E-state index contributed by atoms with van der Waals surface area (Å²) in [5.74, 6) is -0.159. The lowest BCUT2D eigenvalue weighted by Gasteiger charge is -2.15. The molecule has 2 heterocycles. The maximum atomic E-state index is 13.1. The van der Waals surface area contributed by atoms with Crippen molar-refractivity contribution in [3.63, 3.8) is 0 Å². The molecule has 1 aliphatic rings. The van der Waals surface area contributed by atoms with Gasteiger partial charge in [0.25, 0.3) is 5.91 Å². The van der Waals surface area contributed by atoms with Crippen molar-refractivity contribution in [1.82, 2.24) is 9.88 Å². The van der Waals surface area contributed by atoms with Crippen LogP contribution in [0.25, 0.3) is 34.3 Å². The third kappa shape index (κ3) is 5.39. The molecule has 0 aliphatic carbocycles. The van der Waals surface area contributed by atoms with E-state index < -0.39 is 0 Å². The van der Waals surface area contributed by atoms with Crippen molar-refractivity contribution >= 4 is 46.2 Å². The summed E-state index contributed by atoms with van der Waals surface area (Å²) < 4.78 is 2.23. The first-order chi connectivity index (χ1) is 19.6. The summed E-state index contributed by atoms with van der Waals surface area (Å²) >= 11 is 7.61. The van der Waals surface area contributed by atoms with Crippen molar-refractivity contribution in [2.45, 2.75) is 13.3 Å². The molecule has 0 atom stereocenters. The summed E-state index contributed by atoms with van der Waals surface area (Å²) in [5, 5.41) is 4.18. The van der Waals surface area contributed by atoms with Crippen molar-refractivity contribution in [2.75, 3.05) is 0 Å². The Labute approximate surface area is 243 Å². The van der Waals surface area contributed by atoms with Gasteiger partial charge in [0.2, 0.25) is 0 Å². The Morgan fingerprint density at radius 1 is 0.850 bits per heavy atom. The lowest BCUT2D eigenvalue weighted by atomic mass is 10.1. The Morgan fingerprint density at radius 3 is 2.15 bits per heavy atom. The zero-order valence-electron chi connectivity index (χ0n) is 21.8. The number of carbonyl (C=O) groups excluding carboxylic acids is 1. The minimum Gasteiger partial charge on any atom is -0.309 e. The van der Waals surface area contributed by atoms with E-state index in [1.165, 1.54) is 17.3 Å². The number of amides is 1. The third-order valence-electron chi connectivity index (χ3n) is 6.74. The number of nitrogens with zero attached hydrogens (tertiary/aromatic N) is 2. The molecule has 1 aromatic heterocycles. The number of nitrogens with one attached hydrogen (secondary N) is 1. The molecule has 4 aromatic carbocycles. The van der Waals surface area contributed by atoms with Crippen LogP contribution in [0.1, 0.15) is 18.1 Å². The van der Waals surface area contributed by atoms with Crippen LogP contribution in [-0.2, 0) is 11.2 Å². The van der Waals surface area contributed by atoms with E-state index in [-0.39, 0.29) is 5.91 Å². The number of aromatic nitrogens is 1. The van der Waals surface area contributed by atoms with E-state index in [9.17, 15) is 4.79 Å². The van der Waals surface area contributed by atoms with Gasteiger partial charge in [-0.1, -0.05) is 91.3 Å². The monoisotopic (exact) mass is 559 g/mol. The van der Waals surface area contributed by atoms with Crippen molar-refractivity contribution in [3.8, 4) is 28.2 Å². The molecule has 196 valence electrons. The molecule has 5 aromatic rings. The lowest BCUT2D eigenvalue weighted by Crippen LogP contribution is -2.19. The van der Waals surface area contributed by atoms with Crippen LogP contribution in [0.3, 0.4) is 0 Å². The SMILES string of the molecule is CCc1ccc(N=C2NC(=O)/C(=C\c3cc(-c4ccccc4)n(-c4ccc(Cl)cc4)c3-c3ccccc3)S2)cc1. The molecule has 0 saturated carbocycles. The molecular formula is C34H26ClN3OS. The molecule has 1 aliphatic heterocycles. The topological polar surface area (TPSA) is 46.4 Å². The molecule has 0 bridgehead atoms. The average molecular weight is 560 g/mol. The highest BCUT2D eigenvalue weighted by molar-refractivity contribution is 8.18. The van der Waals surface area contributed by atoms with Crippen molar-refractivity contribution in [2.24, 2.45) is 4.99 Å². The second-order valence-electron chi connectivity index (χ2n) is 9.38. The van der Waals surface area contributed by atoms with E-state index in [4.69, 9.17) is 11.6 Å². The number of amidine groups is 1. The van der Waals surface area contributed by atoms with Gasteiger partial charge in [0.15, 0.2) is 5.17 Å². The average Bonchev–Trinajstić information content (AvgIpc) is 3.54. The van der Waals surface area contributed by atoms with Gasteiger partial charge in [-0.2, -0.15) is 0 Å². The highest BCUT2D eigenvalue weighted by Crippen LogP contribution is 2.39.